The van der Waals surface area contributed by atoms with Crippen molar-refractivity contribution in [3.05, 3.63) is 52.1 Å². The quantitative estimate of drug-likeness (QED) is 0.365. The predicted octanol–water partition coefficient (Wildman–Crippen LogP) is 0.275. The maximum absolute atomic E-state index is 13.0. The van der Waals surface area contributed by atoms with Crippen LogP contribution in [0.1, 0.15) is 10.4 Å². The third-order valence-electron chi connectivity index (χ3n) is 4.74. The zero-order valence-corrected chi connectivity index (χ0v) is 12.7. The molecule has 3 heterocycles. The average Bonchev–Trinajstić information content (AvgIpc) is 3.10. The molecule has 1 N–H and O–H groups in total. The first-order valence-electron chi connectivity index (χ1n) is 7.61. The van der Waals surface area contributed by atoms with Gasteiger partial charge in [-0.3, -0.25) is 34.8 Å². The average molecular weight is 340 g/mol. The number of nitrogens with zero attached hydrogens (tertiary/aromatic N) is 3. The van der Waals surface area contributed by atoms with Crippen LogP contribution in [-0.2, 0) is 9.59 Å². The first-order chi connectivity index (χ1) is 12.0. The number of Topliss-reactive ketones (excluding diaryl/α,β-unsaturated/α-hetero) is 1. The van der Waals surface area contributed by atoms with Crippen LogP contribution in [0.3, 0.4) is 0 Å². The summed E-state index contributed by atoms with van der Waals surface area (Å²) in [6, 6.07) is 3.84. The van der Waals surface area contributed by atoms with E-state index in [-0.39, 0.29) is 11.3 Å². The first-order valence-corrected chi connectivity index (χ1v) is 7.61. The van der Waals surface area contributed by atoms with Gasteiger partial charge in [-0.25, -0.2) is 0 Å². The van der Waals surface area contributed by atoms with Crippen molar-refractivity contribution in [3.8, 4) is 0 Å². The first kappa shape index (κ1) is 15.2. The number of nitro groups is 1. The fourth-order valence-electron chi connectivity index (χ4n) is 3.70. The number of hydrazone groups is 1. The topological polar surface area (TPSA) is 122 Å². The number of nitrogens with one attached hydrogen (secondary N) is 1. The summed E-state index contributed by atoms with van der Waals surface area (Å²) in [6.07, 6.45) is 4.87. The molecule has 4 rings (SSSR count). The van der Waals surface area contributed by atoms with Gasteiger partial charge in [-0.1, -0.05) is 18.2 Å². The van der Waals surface area contributed by atoms with E-state index in [4.69, 9.17) is 0 Å². The van der Waals surface area contributed by atoms with Crippen LogP contribution in [0.4, 0.5) is 5.69 Å². The molecule has 2 fully saturated rings. The number of hydrogen-bond donors (Lipinski definition) is 1. The molecule has 4 atom stereocenters. The highest BCUT2D eigenvalue weighted by molar-refractivity contribution is 6.12. The number of non-ortho nitro benzene ring substituents is 1. The Morgan fingerprint density at radius 1 is 1.24 bits per heavy atom. The van der Waals surface area contributed by atoms with Crippen LogP contribution in [0.25, 0.3) is 0 Å². The van der Waals surface area contributed by atoms with Crippen LogP contribution in [-0.4, -0.2) is 45.8 Å². The third-order valence-corrected chi connectivity index (χ3v) is 4.74. The second-order valence-electron chi connectivity index (χ2n) is 6.04. The smallest absolute Gasteiger partial charge is 0.270 e. The molecule has 126 valence electrons. The van der Waals surface area contributed by atoms with E-state index >= 15 is 0 Å². The number of benzene rings is 1. The molecule has 0 spiro atoms. The molecule has 0 aliphatic carbocycles. The van der Waals surface area contributed by atoms with Gasteiger partial charge in [0.15, 0.2) is 5.78 Å². The number of nitro benzene ring substituents is 1. The number of imide groups is 1. The third kappa shape index (κ3) is 2.16. The summed E-state index contributed by atoms with van der Waals surface area (Å²) >= 11 is 0. The fraction of sp³-hybridized carbons (Fsp3) is 0.250. The Kier molecular flexibility index (Phi) is 3.24. The summed E-state index contributed by atoms with van der Waals surface area (Å²) in [5.41, 5.74) is -0.110. The fourth-order valence-corrected chi connectivity index (χ4v) is 3.70. The van der Waals surface area contributed by atoms with Crippen LogP contribution in [0, 0.1) is 22.0 Å². The molecule has 25 heavy (non-hydrogen) atoms. The van der Waals surface area contributed by atoms with E-state index in [1.807, 2.05) is 0 Å². The molecule has 0 aromatic heterocycles. The Balaban J connectivity index is 1.76. The highest BCUT2D eigenvalue weighted by Crippen LogP contribution is 2.42. The summed E-state index contributed by atoms with van der Waals surface area (Å²) in [4.78, 5) is 47.7. The lowest BCUT2D eigenvalue weighted by molar-refractivity contribution is -0.384. The SMILES string of the molecule is O=C1NC(=O)[C@@H]2[C@@H]1[C@@H]1C=CC=NN1[C@H]2C(=O)c1cccc([N+](=O)[O-])c1. The summed E-state index contributed by atoms with van der Waals surface area (Å²) in [5, 5.41) is 18.8. The van der Waals surface area contributed by atoms with E-state index in [1.54, 1.807) is 12.2 Å². The standard InChI is InChI=1S/C16H12N4O5/c21-14(8-3-1-4-9(7-8)20(24)25)13-12-11(15(22)18-16(12)23)10-5-2-6-17-19(10)13/h1-7,10-13H,(H,18,22,23)/t10-,11-,12+,13+/m0/s1. The van der Waals surface area contributed by atoms with E-state index in [1.165, 1.54) is 35.5 Å². The largest absolute Gasteiger partial charge is 0.296 e. The second-order valence-corrected chi connectivity index (χ2v) is 6.04. The van der Waals surface area contributed by atoms with Crippen molar-refractivity contribution >= 4 is 29.5 Å². The summed E-state index contributed by atoms with van der Waals surface area (Å²) in [7, 11) is 0. The molecule has 9 heteroatoms. The molecule has 0 radical (unpaired) electrons. The van der Waals surface area contributed by atoms with Gasteiger partial charge in [-0.15, -0.1) is 0 Å². The number of carbonyl (C=O) groups is 3. The lowest BCUT2D eigenvalue weighted by atomic mass is 9.86. The zero-order chi connectivity index (χ0) is 17.7. The van der Waals surface area contributed by atoms with Gasteiger partial charge in [-0.2, -0.15) is 5.10 Å². The Labute approximate surface area is 141 Å². The normalized spacial score (nSPS) is 29.4. The molecule has 3 aliphatic rings. The predicted molar refractivity (Wildman–Crippen MR) is 84.6 cm³/mol. The summed E-state index contributed by atoms with van der Waals surface area (Å²) in [5.74, 6) is -2.99. The number of fused-ring (bicyclic) bond motifs is 3. The molecule has 3 aliphatic heterocycles. The zero-order valence-electron chi connectivity index (χ0n) is 12.7. The number of hydrogen-bond acceptors (Lipinski definition) is 7. The Bertz CT molecular complexity index is 877. The number of ketones is 1. The number of amides is 2. The number of rotatable bonds is 3. The molecule has 9 nitrogen and oxygen atoms in total. The number of allylic oxidation sites excluding steroid dienone is 1. The molecule has 0 saturated carbocycles. The maximum Gasteiger partial charge on any atom is 0.270 e. The van der Waals surface area contributed by atoms with Crippen molar-refractivity contribution in [1.29, 1.82) is 0 Å². The van der Waals surface area contributed by atoms with Gasteiger partial charge in [0.1, 0.15) is 6.04 Å². The van der Waals surface area contributed by atoms with Gasteiger partial charge >= 0.3 is 0 Å². The summed E-state index contributed by atoms with van der Waals surface area (Å²) < 4.78 is 0. The number of carbonyl (C=O) groups excluding carboxylic acids is 3. The lowest BCUT2D eigenvalue weighted by Gasteiger charge is -2.28. The minimum absolute atomic E-state index is 0.107. The van der Waals surface area contributed by atoms with E-state index in [9.17, 15) is 24.5 Å². The molecule has 0 bridgehead atoms. The second kappa shape index (κ2) is 5.33. The molecular weight excluding hydrogens is 328 g/mol. The van der Waals surface area contributed by atoms with Gasteiger partial charge < -0.3 is 0 Å². The monoisotopic (exact) mass is 340 g/mol. The molecule has 0 unspecified atom stereocenters. The highest BCUT2D eigenvalue weighted by atomic mass is 16.6. The summed E-state index contributed by atoms with van der Waals surface area (Å²) in [6.45, 7) is 0. The Morgan fingerprint density at radius 2 is 2.00 bits per heavy atom. The Hall–Kier alpha value is -3.36. The minimum atomic E-state index is -0.982. The molecular formula is C16H12N4O5. The molecule has 2 saturated heterocycles. The van der Waals surface area contributed by atoms with Crippen LogP contribution < -0.4 is 5.32 Å². The lowest BCUT2D eigenvalue weighted by Crippen LogP contribution is -2.44. The Morgan fingerprint density at radius 3 is 2.76 bits per heavy atom. The highest BCUT2D eigenvalue weighted by Gasteiger charge is 2.61. The van der Waals surface area contributed by atoms with Gasteiger partial charge in [0.2, 0.25) is 11.8 Å². The van der Waals surface area contributed by atoms with E-state index in [0.29, 0.717) is 0 Å². The maximum atomic E-state index is 13.0. The van der Waals surface area contributed by atoms with Crippen molar-refractivity contribution in [1.82, 2.24) is 10.3 Å². The van der Waals surface area contributed by atoms with E-state index in [2.05, 4.69) is 10.4 Å². The van der Waals surface area contributed by atoms with Crippen molar-refractivity contribution in [2.45, 2.75) is 12.1 Å². The van der Waals surface area contributed by atoms with Gasteiger partial charge in [0.05, 0.1) is 22.8 Å². The van der Waals surface area contributed by atoms with E-state index in [0.717, 1.165) is 0 Å². The molecule has 2 amide bonds. The van der Waals surface area contributed by atoms with Crippen LogP contribution in [0.2, 0.25) is 0 Å². The van der Waals surface area contributed by atoms with Crippen LogP contribution in [0.15, 0.2) is 41.5 Å². The van der Waals surface area contributed by atoms with Crippen molar-refractivity contribution in [2.75, 3.05) is 0 Å². The molecule has 1 aromatic carbocycles. The van der Waals surface area contributed by atoms with Crippen molar-refractivity contribution in [3.63, 3.8) is 0 Å². The van der Waals surface area contributed by atoms with Gasteiger partial charge in [0.25, 0.3) is 5.69 Å². The van der Waals surface area contributed by atoms with Crippen LogP contribution >= 0.6 is 0 Å². The van der Waals surface area contributed by atoms with E-state index < -0.39 is 46.4 Å². The van der Waals surface area contributed by atoms with Crippen LogP contribution in [0.5, 0.6) is 0 Å². The van der Waals surface area contributed by atoms with Crippen molar-refractivity contribution < 1.29 is 19.3 Å². The van der Waals surface area contributed by atoms with Crippen molar-refractivity contribution in [2.24, 2.45) is 16.9 Å². The van der Waals surface area contributed by atoms with Gasteiger partial charge in [0, 0.05) is 23.9 Å². The molecule has 1 aromatic rings. The van der Waals surface area contributed by atoms with Gasteiger partial charge in [-0.05, 0) is 6.08 Å². The minimum Gasteiger partial charge on any atom is -0.296 e.